The number of nitrogens with one attached hydrogen (secondary N) is 1. The molecule has 0 atom stereocenters. The van der Waals surface area contributed by atoms with Gasteiger partial charge in [-0.15, -0.1) is 0 Å². The van der Waals surface area contributed by atoms with Gasteiger partial charge in [0.05, 0.1) is 17.6 Å². The Kier molecular flexibility index (Phi) is 4.26. The van der Waals surface area contributed by atoms with E-state index in [1.807, 2.05) is 6.07 Å². The molecular weight excluding hydrogens is 264 g/mol. The molecule has 0 aromatic carbocycles. The van der Waals surface area contributed by atoms with E-state index in [2.05, 4.69) is 26.6 Å². The minimum absolute atomic E-state index is 0.0627. The highest BCUT2D eigenvalue weighted by atomic mass is 32.2. The number of anilines is 2. The maximum absolute atomic E-state index is 11.4. The summed E-state index contributed by atoms with van der Waals surface area (Å²) in [6.07, 6.45) is 1.57. The van der Waals surface area contributed by atoms with Crippen LogP contribution in [-0.2, 0) is 10.0 Å². The van der Waals surface area contributed by atoms with Gasteiger partial charge in [-0.05, 0) is 26.1 Å². The average molecular weight is 284 g/mol. The van der Waals surface area contributed by atoms with Gasteiger partial charge >= 0.3 is 0 Å². The van der Waals surface area contributed by atoms with Crippen molar-refractivity contribution in [2.45, 2.75) is 6.92 Å². The molecule has 1 fully saturated rings. The molecule has 1 saturated heterocycles. The number of rotatable bonds is 4. The van der Waals surface area contributed by atoms with Crippen LogP contribution in [0.25, 0.3) is 0 Å². The van der Waals surface area contributed by atoms with E-state index in [1.165, 1.54) is 0 Å². The zero-order chi connectivity index (χ0) is 13.9. The van der Waals surface area contributed by atoms with Gasteiger partial charge in [-0.1, -0.05) is 0 Å². The third kappa shape index (κ3) is 3.81. The highest BCUT2D eigenvalue weighted by molar-refractivity contribution is 7.92. The average Bonchev–Trinajstić information content (AvgIpc) is 2.40. The van der Waals surface area contributed by atoms with Gasteiger partial charge in [0.1, 0.15) is 5.82 Å². The zero-order valence-electron chi connectivity index (χ0n) is 11.3. The monoisotopic (exact) mass is 284 g/mol. The zero-order valence-corrected chi connectivity index (χ0v) is 12.2. The van der Waals surface area contributed by atoms with Gasteiger partial charge in [0, 0.05) is 26.2 Å². The van der Waals surface area contributed by atoms with Crippen LogP contribution in [0.1, 0.15) is 6.92 Å². The van der Waals surface area contributed by atoms with Crippen LogP contribution in [-0.4, -0.2) is 57.3 Å². The first-order valence-corrected chi connectivity index (χ1v) is 8.05. The molecule has 6 nitrogen and oxygen atoms in total. The molecule has 0 aliphatic carbocycles. The molecule has 7 heteroatoms. The second-order valence-corrected chi connectivity index (χ2v) is 6.71. The second-order valence-electron chi connectivity index (χ2n) is 4.70. The maximum atomic E-state index is 11.4. The normalized spacial score (nSPS) is 17.5. The van der Waals surface area contributed by atoms with E-state index in [0.29, 0.717) is 5.69 Å². The van der Waals surface area contributed by atoms with Crippen molar-refractivity contribution in [1.82, 2.24) is 9.88 Å². The van der Waals surface area contributed by atoms with Crippen molar-refractivity contribution in [2.75, 3.05) is 48.6 Å². The third-order valence-corrected chi connectivity index (χ3v) is 4.54. The first-order valence-electron chi connectivity index (χ1n) is 6.40. The van der Waals surface area contributed by atoms with Gasteiger partial charge in [0.15, 0.2) is 0 Å². The Hall–Kier alpha value is -1.34. The molecule has 0 unspecified atom stereocenters. The quantitative estimate of drug-likeness (QED) is 0.877. The summed E-state index contributed by atoms with van der Waals surface area (Å²) in [6.45, 7) is 5.54. The van der Waals surface area contributed by atoms with Crippen LogP contribution in [0.4, 0.5) is 11.5 Å². The number of piperazine rings is 1. The van der Waals surface area contributed by atoms with Gasteiger partial charge in [-0.3, -0.25) is 4.72 Å². The van der Waals surface area contributed by atoms with E-state index in [9.17, 15) is 8.42 Å². The van der Waals surface area contributed by atoms with E-state index in [1.54, 1.807) is 19.2 Å². The topological polar surface area (TPSA) is 65.5 Å². The number of nitrogens with zero attached hydrogens (tertiary/aromatic N) is 3. The van der Waals surface area contributed by atoms with E-state index < -0.39 is 10.0 Å². The Morgan fingerprint density at radius 1 is 1.26 bits per heavy atom. The minimum Gasteiger partial charge on any atom is -0.354 e. The van der Waals surface area contributed by atoms with Gasteiger partial charge in [0.25, 0.3) is 0 Å². The largest absolute Gasteiger partial charge is 0.354 e. The number of likely N-dealkylation sites (N-methyl/N-ethyl adjacent to an activating group) is 1. The van der Waals surface area contributed by atoms with Crippen molar-refractivity contribution >= 4 is 21.5 Å². The fourth-order valence-corrected chi connectivity index (χ4v) is 2.54. The van der Waals surface area contributed by atoms with Crippen molar-refractivity contribution in [3.8, 4) is 0 Å². The lowest BCUT2D eigenvalue weighted by molar-refractivity contribution is 0.312. The molecule has 0 radical (unpaired) electrons. The molecule has 19 heavy (non-hydrogen) atoms. The van der Waals surface area contributed by atoms with E-state index in [-0.39, 0.29) is 5.75 Å². The maximum Gasteiger partial charge on any atom is 0.232 e. The Morgan fingerprint density at radius 3 is 2.47 bits per heavy atom. The molecule has 0 spiro atoms. The van der Waals surface area contributed by atoms with Crippen LogP contribution in [0.15, 0.2) is 18.3 Å². The lowest BCUT2D eigenvalue weighted by Crippen LogP contribution is -2.44. The van der Waals surface area contributed by atoms with Gasteiger partial charge in [0.2, 0.25) is 10.0 Å². The van der Waals surface area contributed by atoms with Crippen LogP contribution in [0, 0.1) is 0 Å². The minimum atomic E-state index is -3.23. The van der Waals surface area contributed by atoms with Crippen molar-refractivity contribution in [3.63, 3.8) is 0 Å². The van der Waals surface area contributed by atoms with Crippen molar-refractivity contribution in [3.05, 3.63) is 18.3 Å². The lowest BCUT2D eigenvalue weighted by Gasteiger charge is -2.33. The molecule has 1 aromatic heterocycles. The van der Waals surface area contributed by atoms with Crippen LogP contribution < -0.4 is 9.62 Å². The van der Waals surface area contributed by atoms with E-state index in [0.717, 1.165) is 32.0 Å². The van der Waals surface area contributed by atoms with Crippen molar-refractivity contribution < 1.29 is 8.42 Å². The Labute approximate surface area is 114 Å². The Balaban J connectivity index is 2.02. The summed E-state index contributed by atoms with van der Waals surface area (Å²) in [6, 6.07) is 3.62. The molecule has 2 heterocycles. The molecule has 0 amide bonds. The number of aromatic nitrogens is 1. The summed E-state index contributed by atoms with van der Waals surface area (Å²) in [5.41, 5.74) is 0.514. The first kappa shape index (κ1) is 14.1. The molecule has 1 aliphatic heterocycles. The summed E-state index contributed by atoms with van der Waals surface area (Å²) in [4.78, 5) is 8.81. The summed E-state index contributed by atoms with van der Waals surface area (Å²) >= 11 is 0. The molecule has 1 N–H and O–H groups in total. The predicted molar refractivity (Wildman–Crippen MR) is 77.0 cm³/mol. The molecule has 0 saturated carbocycles. The van der Waals surface area contributed by atoms with Crippen LogP contribution in [0.2, 0.25) is 0 Å². The molecule has 0 bridgehead atoms. The molecule has 1 aromatic rings. The number of pyridine rings is 1. The predicted octanol–water partition coefficient (Wildman–Crippen LogP) is 0.595. The number of sulfonamides is 1. The molecule has 2 rings (SSSR count). The Bertz CT molecular complexity index is 507. The highest BCUT2D eigenvalue weighted by Gasteiger charge is 2.15. The van der Waals surface area contributed by atoms with Crippen LogP contribution >= 0.6 is 0 Å². The van der Waals surface area contributed by atoms with Gasteiger partial charge in [-0.25, -0.2) is 13.4 Å². The van der Waals surface area contributed by atoms with Crippen LogP contribution in [0.5, 0.6) is 0 Å². The van der Waals surface area contributed by atoms with Crippen LogP contribution in [0.3, 0.4) is 0 Å². The smallest absolute Gasteiger partial charge is 0.232 e. The lowest BCUT2D eigenvalue weighted by atomic mass is 10.3. The summed E-state index contributed by atoms with van der Waals surface area (Å²) in [5.74, 6) is 0.959. The van der Waals surface area contributed by atoms with Crippen molar-refractivity contribution in [1.29, 1.82) is 0 Å². The number of hydrogen-bond donors (Lipinski definition) is 1. The first-order chi connectivity index (χ1) is 9.00. The third-order valence-electron chi connectivity index (χ3n) is 3.23. The second kappa shape index (κ2) is 5.75. The van der Waals surface area contributed by atoms with E-state index >= 15 is 0 Å². The molecular formula is C12H20N4O2S. The highest BCUT2D eigenvalue weighted by Crippen LogP contribution is 2.16. The fraction of sp³-hybridized carbons (Fsp3) is 0.583. The van der Waals surface area contributed by atoms with Gasteiger partial charge < -0.3 is 9.80 Å². The Morgan fingerprint density at radius 2 is 1.95 bits per heavy atom. The molecule has 1 aliphatic rings. The van der Waals surface area contributed by atoms with E-state index in [4.69, 9.17) is 0 Å². The summed E-state index contributed by atoms with van der Waals surface area (Å²) in [7, 11) is -1.12. The molecule has 106 valence electrons. The van der Waals surface area contributed by atoms with Crippen molar-refractivity contribution in [2.24, 2.45) is 0 Å². The SMILES string of the molecule is CCS(=O)(=O)Nc1ccc(N2CCN(C)CC2)nc1. The van der Waals surface area contributed by atoms with Gasteiger partial charge in [-0.2, -0.15) is 0 Å². The number of hydrogen-bond acceptors (Lipinski definition) is 5. The summed E-state index contributed by atoms with van der Waals surface area (Å²) in [5, 5.41) is 0. The summed E-state index contributed by atoms with van der Waals surface area (Å²) < 4.78 is 25.4. The standard InChI is InChI=1S/C12H20N4O2S/c1-3-19(17,18)14-11-4-5-12(13-10-11)16-8-6-15(2)7-9-16/h4-5,10,14H,3,6-9H2,1-2H3. The fourth-order valence-electron chi connectivity index (χ4n) is 1.92.